The molecule has 0 aromatic heterocycles. The number of hydrogen-bond acceptors (Lipinski definition) is 0. The standard InChI is InChI=1S/C57H46/c1-4-38-20-22-46(23-21-38)56-49-34-32-47-51(49)36-57(2,3)37-52-48(33-35-50(52)56)55(41-18-12-7-13-19-41)45-30-26-43(27-31-45)53(39-14-8-5-9-15-39)42-24-28-44(29-25-42)54(47)40-16-10-6-11-17-40/h1,5-24,26,28-30,32-35,51H,25,27,31,36-37H2,2-3H3/b53-42-,54-47-,55-48-,56-49-/t51-/m1/s1. The molecule has 4 aromatic rings. The minimum atomic E-state index is 0.0181. The molecule has 0 unspecified atom stereocenters. The van der Waals surface area contributed by atoms with Crippen molar-refractivity contribution in [3.05, 3.63) is 248 Å². The van der Waals surface area contributed by atoms with E-state index in [9.17, 15) is 0 Å². The van der Waals surface area contributed by atoms with Gasteiger partial charge in [0.05, 0.1) is 0 Å². The van der Waals surface area contributed by atoms with Crippen LogP contribution < -0.4 is 0 Å². The third-order valence-electron chi connectivity index (χ3n) is 12.7. The second-order valence-electron chi connectivity index (χ2n) is 16.9. The monoisotopic (exact) mass is 730 g/mol. The third kappa shape index (κ3) is 6.29. The zero-order valence-electron chi connectivity index (χ0n) is 32.9. The van der Waals surface area contributed by atoms with E-state index in [2.05, 4.69) is 190 Å². The molecule has 0 N–H and O–H groups in total. The van der Waals surface area contributed by atoms with Crippen molar-refractivity contribution in [3.8, 4) is 12.3 Å². The molecule has 57 heavy (non-hydrogen) atoms. The summed E-state index contributed by atoms with van der Waals surface area (Å²) in [5, 5.41) is 0. The van der Waals surface area contributed by atoms with Crippen LogP contribution in [0.3, 0.4) is 0 Å². The minimum Gasteiger partial charge on any atom is -0.115 e. The number of terminal acetylenes is 1. The van der Waals surface area contributed by atoms with Gasteiger partial charge in [-0.3, -0.25) is 0 Å². The first kappa shape index (κ1) is 35.0. The number of hydrogen-bond donors (Lipinski definition) is 0. The van der Waals surface area contributed by atoms with Gasteiger partial charge in [0.2, 0.25) is 0 Å². The van der Waals surface area contributed by atoms with E-state index in [1.54, 1.807) is 0 Å². The van der Waals surface area contributed by atoms with Gasteiger partial charge in [-0.25, -0.2) is 0 Å². The van der Waals surface area contributed by atoms with Crippen molar-refractivity contribution in [1.29, 1.82) is 0 Å². The molecule has 10 bridgehead atoms. The van der Waals surface area contributed by atoms with Gasteiger partial charge in [0.1, 0.15) is 0 Å². The van der Waals surface area contributed by atoms with Crippen LogP contribution >= 0.6 is 0 Å². The van der Waals surface area contributed by atoms with Gasteiger partial charge >= 0.3 is 0 Å². The second-order valence-corrected chi connectivity index (χ2v) is 16.9. The van der Waals surface area contributed by atoms with Crippen molar-refractivity contribution in [2.75, 3.05) is 0 Å². The molecule has 0 saturated carbocycles. The van der Waals surface area contributed by atoms with Gasteiger partial charge in [0.15, 0.2) is 0 Å². The summed E-state index contributed by atoms with van der Waals surface area (Å²) in [5.41, 5.74) is 23.8. The molecule has 0 spiro atoms. The second kappa shape index (κ2) is 14.3. The molecule has 0 heterocycles. The van der Waals surface area contributed by atoms with Gasteiger partial charge in [-0.1, -0.05) is 178 Å². The lowest BCUT2D eigenvalue weighted by molar-refractivity contribution is 0.304. The van der Waals surface area contributed by atoms with Crippen LogP contribution in [0.15, 0.2) is 220 Å². The topological polar surface area (TPSA) is 0 Å². The molecule has 4 aromatic carbocycles. The Morgan fingerprint density at radius 2 is 1.09 bits per heavy atom. The SMILES string of the molecule is C#Cc1ccc(/C2=C3C=C/C4=C(\c5ccccc5)C5=CC/C(=C(/c6ccccc6)C6=CC=C(CC6)/C(c6ccccc6)=C6/C=CC2=C6CC(C)(C)C[C@H]4\3)C=C5)cc1. The maximum atomic E-state index is 5.90. The van der Waals surface area contributed by atoms with E-state index in [0.717, 1.165) is 37.7 Å². The molecule has 0 fully saturated rings. The smallest absolute Gasteiger partial charge is 0.0243 e. The Balaban J connectivity index is 1.32. The van der Waals surface area contributed by atoms with Gasteiger partial charge in [0, 0.05) is 11.5 Å². The van der Waals surface area contributed by atoms with Gasteiger partial charge in [-0.05, 0) is 144 Å². The summed E-state index contributed by atoms with van der Waals surface area (Å²) in [6.45, 7) is 4.99. The highest BCUT2D eigenvalue weighted by atomic mass is 14.4. The van der Waals surface area contributed by atoms with Crippen LogP contribution in [-0.2, 0) is 0 Å². The molecule has 0 amide bonds. The first-order valence-corrected chi connectivity index (χ1v) is 20.5. The third-order valence-corrected chi connectivity index (χ3v) is 12.7. The molecule has 0 aliphatic heterocycles. The first-order chi connectivity index (χ1) is 28.0. The Morgan fingerprint density at radius 3 is 1.67 bits per heavy atom. The lowest BCUT2D eigenvalue weighted by atomic mass is 9.68. The van der Waals surface area contributed by atoms with Gasteiger partial charge < -0.3 is 0 Å². The van der Waals surface area contributed by atoms with Crippen LogP contribution in [0.2, 0.25) is 0 Å². The maximum Gasteiger partial charge on any atom is 0.0243 e. The summed E-state index contributed by atoms with van der Waals surface area (Å²) in [6.07, 6.45) is 32.7. The molecule has 14 rings (SSSR count). The summed E-state index contributed by atoms with van der Waals surface area (Å²) < 4.78 is 0. The van der Waals surface area contributed by atoms with E-state index >= 15 is 0 Å². The average Bonchev–Trinajstić information content (AvgIpc) is 3.82. The van der Waals surface area contributed by atoms with E-state index < -0.39 is 0 Å². The van der Waals surface area contributed by atoms with Crippen molar-refractivity contribution < 1.29 is 0 Å². The van der Waals surface area contributed by atoms with Crippen LogP contribution in [-0.4, -0.2) is 0 Å². The van der Waals surface area contributed by atoms with Crippen LogP contribution in [0.4, 0.5) is 0 Å². The van der Waals surface area contributed by atoms with Crippen LogP contribution in [0.25, 0.3) is 22.3 Å². The van der Waals surface area contributed by atoms with E-state index in [-0.39, 0.29) is 11.3 Å². The molecule has 10 aliphatic carbocycles. The Bertz CT molecular complexity index is 2710. The van der Waals surface area contributed by atoms with Gasteiger partial charge in [-0.15, -0.1) is 6.42 Å². The van der Waals surface area contributed by atoms with E-state index in [4.69, 9.17) is 6.42 Å². The highest BCUT2D eigenvalue weighted by molar-refractivity contribution is 5.97. The van der Waals surface area contributed by atoms with Crippen molar-refractivity contribution >= 4 is 22.3 Å². The fourth-order valence-electron chi connectivity index (χ4n) is 10.2. The zero-order chi connectivity index (χ0) is 38.5. The van der Waals surface area contributed by atoms with Crippen LogP contribution in [0.1, 0.15) is 73.8 Å². The molecule has 0 heteroatoms. The van der Waals surface area contributed by atoms with Crippen molar-refractivity contribution in [2.24, 2.45) is 11.3 Å². The lowest BCUT2D eigenvalue weighted by Crippen LogP contribution is -2.22. The fraction of sp³-hybridized carbons (Fsp3) is 0.158. The van der Waals surface area contributed by atoms with Gasteiger partial charge in [-0.2, -0.15) is 0 Å². The molecule has 10 aliphatic rings. The molecule has 274 valence electrons. The average molecular weight is 731 g/mol. The number of rotatable bonds is 4. The van der Waals surface area contributed by atoms with E-state index in [1.807, 2.05) is 0 Å². The summed E-state index contributed by atoms with van der Waals surface area (Å²) in [7, 11) is 0. The highest BCUT2D eigenvalue weighted by Crippen LogP contribution is 2.55. The quantitative estimate of drug-likeness (QED) is 0.183. The van der Waals surface area contributed by atoms with Gasteiger partial charge in [0.25, 0.3) is 0 Å². The predicted molar refractivity (Wildman–Crippen MR) is 240 cm³/mol. The number of benzene rings is 4. The molecule has 0 radical (unpaired) electrons. The van der Waals surface area contributed by atoms with E-state index in [1.165, 1.54) is 94.7 Å². The Morgan fingerprint density at radius 1 is 0.544 bits per heavy atom. The van der Waals surface area contributed by atoms with Crippen LogP contribution in [0.5, 0.6) is 0 Å². The Kier molecular flexibility index (Phi) is 8.76. The molecular weight excluding hydrogens is 685 g/mol. The van der Waals surface area contributed by atoms with Crippen molar-refractivity contribution in [3.63, 3.8) is 0 Å². The molecule has 0 nitrogen and oxygen atoms in total. The summed E-state index contributed by atoms with van der Waals surface area (Å²) >= 11 is 0. The van der Waals surface area contributed by atoms with Crippen molar-refractivity contribution in [1.82, 2.24) is 0 Å². The summed E-state index contributed by atoms with van der Waals surface area (Å²) in [5.74, 6) is 3.07. The van der Waals surface area contributed by atoms with Crippen LogP contribution in [0, 0.1) is 23.7 Å². The predicted octanol–water partition coefficient (Wildman–Crippen LogP) is 14.2. The normalized spacial score (nSPS) is 25.9. The number of allylic oxidation sites excluding steroid dienone is 22. The maximum absolute atomic E-state index is 5.90. The number of fused-ring (bicyclic) bond motifs is 1. The molecule has 0 saturated heterocycles. The van der Waals surface area contributed by atoms with E-state index in [0.29, 0.717) is 0 Å². The fourth-order valence-corrected chi connectivity index (χ4v) is 10.2. The Labute approximate surface area is 338 Å². The lowest BCUT2D eigenvalue weighted by Gasteiger charge is -2.36. The minimum absolute atomic E-state index is 0.0181. The Hall–Kier alpha value is -6.42. The summed E-state index contributed by atoms with van der Waals surface area (Å²) in [4.78, 5) is 0. The molecular formula is C57H46. The largest absolute Gasteiger partial charge is 0.115 e. The molecule has 1 atom stereocenters. The zero-order valence-corrected chi connectivity index (χ0v) is 32.9. The van der Waals surface area contributed by atoms with Crippen molar-refractivity contribution in [2.45, 2.75) is 46.0 Å². The highest BCUT2D eigenvalue weighted by Gasteiger charge is 2.39. The summed E-state index contributed by atoms with van der Waals surface area (Å²) in [6, 6.07) is 42.0. The first-order valence-electron chi connectivity index (χ1n) is 20.5.